The summed E-state index contributed by atoms with van der Waals surface area (Å²) in [6.45, 7) is 3.02. The predicted molar refractivity (Wildman–Crippen MR) is 108 cm³/mol. The van der Waals surface area contributed by atoms with Crippen molar-refractivity contribution >= 4 is 35.1 Å². The standard InChI is InChI=1S/C20H26N4O2.ClH/c1-21-9-11-24-18-8-10-23(13-14(18)6-7-19(24)25)20(26)16-12-22-17-5-3-2-4-15(16)17;/h2-5,12,14,18,21-22H,6-11,13H2,1H3;1H/t14-,18+;/m0./s1. The van der Waals surface area contributed by atoms with E-state index >= 15 is 0 Å². The number of rotatable bonds is 4. The second-order valence-electron chi connectivity index (χ2n) is 7.34. The number of halogens is 1. The van der Waals surface area contributed by atoms with Crippen LogP contribution in [0, 0.1) is 5.92 Å². The lowest BCUT2D eigenvalue weighted by Crippen LogP contribution is -2.57. The molecule has 0 aliphatic carbocycles. The van der Waals surface area contributed by atoms with E-state index in [4.69, 9.17) is 0 Å². The van der Waals surface area contributed by atoms with E-state index in [1.807, 2.05) is 47.3 Å². The zero-order valence-electron chi connectivity index (χ0n) is 15.6. The summed E-state index contributed by atoms with van der Waals surface area (Å²) >= 11 is 0. The Labute approximate surface area is 165 Å². The smallest absolute Gasteiger partial charge is 0.256 e. The number of carbonyl (C=O) groups is 2. The zero-order valence-corrected chi connectivity index (χ0v) is 16.4. The Morgan fingerprint density at radius 2 is 2.11 bits per heavy atom. The molecule has 2 fully saturated rings. The van der Waals surface area contributed by atoms with Crippen molar-refractivity contribution in [2.24, 2.45) is 5.92 Å². The van der Waals surface area contributed by atoms with Gasteiger partial charge in [-0.05, 0) is 31.9 Å². The topological polar surface area (TPSA) is 68.4 Å². The van der Waals surface area contributed by atoms with Crippen LogP contribution >= 0.6 is 12.4 Å². The molecule has 6 nitrogen and oxygen atoms in total. The maximum atomic E-state index is 13.1. The average Bonchev–Trinajstić information content (AvgIpc) is 3.10. The highest BCUT2D eigenvalue weighted by Crippen LogP contribution is 2.32. The average molecular weight is 391 g/mol. The predicted octanol–water partition coefficient (Wildman–Crippen LogP) is 2.26. The van der Waals surface area contributed by atoms with Crippen molar-refractivity contribution in [3.05, 3.63) is 36.0 Å². The fourth-order valence-corrected chi connectivity index (χ4v) is 4.48. The third kappa shape index (κ3) is 3.69. The molecule has 146 valence electrons. The number of amides is 2. The molecule has 4 rings (SSSR count). The third-order valence-electron chi connectivity index (χ3n) is 5.85. The molecular formula is C20H27ClN4O2. The van der Waals surface area contributed by atoms with Gasteiger partial charge in [0.25, 0.3) is 5.91 Å². The van der Waals surface area contributed by atoms with Gasteiger partial charge in [-0.2, -0.15) is 0 Å². The molecule has 2 aliphatic heterocycles. The lowest BCUT2D eigenvalue weighted by atomic mass is 9.83. The minimum absolute atomic E-state index is 0. The Bertz CT molecular complexity index is 821. The van der Waals surface area contributed by atoms with Crippen molar-refractivity contribution in [1.82, 2.24) is 20.1 Å². The minimum atomic E-state index is 0. The first kappa shape index (κ1) is 19.7. The number of benzene rings is 1. The summed E-state index contributed by atoms with van der Waals surface area (Å²) in [5.74, 6) is 0.741. The fourth-order valence-electron chi connectivity index (χ4n) is 4.48. The normalized spacial score (nSPS) is 22.5. The number of H-pyrrole nitrogens is 1. The summed E-state index contributed by atoms with van der Waals surface area (Å²) in [6, 6.07) is 8.19. The summed E-state index contributed by atoms with van der Waals surface area (Å²) in [5, 5.41) is 4.11. The lowest BCUT2D eigenvalue weighted by molar-refractivity contribution is -0.140. The highest BCUT2D eigenvalue weighted by Gasteiger charge is 2.40. The maximum Gasteiger partial charge on any atom is 0.256 e. The van der Waals surface area contributed by atoms with E-state index in [1.54, 1.807) is 0 Å². The quantitative estimate of drug-likeness (QED) is 0.841. The van der Waals surface area contributed by atoms with Crippen molar-refractivity contribution in [3.8, 4) is 0 Å². The molecule has 2 aromatic rings. The van der Waals surface area contributed by atoms with E-state index in [9.17, 15) is 9.59 Å². The molecule has 1 aromatic carbocycles. The summed E-state index contributed by atoms with van der Waals surface area (Å²) in [6.07, 6.45) is 4.17. The number of hydrogen-bond donors (Lipinski definition) is 2. The molecule has 2 atom stereocenters. The first-order chi connectivity index (χ1) is 12.7. The highest BCUT2D eigenvalue weighted by atomic mass is 35.5. The first-order valence-electron chi connectivity index (χ1n) is 9.48. The molecule has 0 bridgehead atoms. The number of para-hydroxylation sites is 1. The van der Waals surface area contributed by atoms with Crippen LogP contribution in [0.1, 0.15) is 29.6 Å². The molecule has 2 aliphatic rings. The summed E-state index contributed by atoms with van der Waals surface area (Å²) in [7, 11) is 1.91. The fraction of sp³-hybridized carbons (Fsp3) is 0.500. The Morgan fingerprint density at radius 1 is 1.30 bits per heavy atom. The molecule has 2 N–H and O–H groups in total. The Hall–Kier alpha value is -2.05. The van der Waals surface area contributed by atoms with Crippen LogP contribution in [0.15, 0.2) is 30.5 Å². The molecule has 3 heterocycles. The van der Waals surface area contributed by atoms with Crippen molar-refractivity contribution < 1.29 is 9.59 Å². The zero-order chi connectivity index (χ0) is 18.1. The van der Waals surface area contributed by atoms with Crippen molar-refractivity contribution in [2.45, 2.75) is 25.3 Å². The number of nitrogens with zero attached hydrogens (tertiary/aromatic N) is 2. The molecule has 1 aromatic heterocycles. The van der Waals surface area contributed by atoms with Gasteiger partial charge >= 0.3 is 0 Å². The number of likely N-dealkylation sites (tertiary alicyclic amines) is 2. The number of hydrogen-bond acceptors (Lipinski definition) is 3. The number of aromatic amines is 1. The number of nitrogens with one attached hydrogen (secondary N) is 2. The van der Waals surface area contributed by atoms with Crippen molar-refractivity contribution in [1.29, 1.82) is 0 Å². The van der Waals surface area contributed by atoms with Gasteiger partial charge in [0.1, 0.15) is 0 Å². The number of likely N-dealkylation sites (N-methyl/N-ethyl adjacent to an activating group) is 1. The number of fused-ring (bicyclic) bond motifs is 2. The second-order valence-corrected chi connectivity index (χ2v) is 7.34. The van der Waals surface area contributed by atoms with Gasteiger partial charge in [-0.1, -0.05) is 18.2 Å². The van der Waals surface area contributed by atoms with E-state index in [-0.39, 0.29) is 30.3 Å². The molecule has 2 saturated heterocycles. The summed E-state index contributed by atoms with van der Waals surface area (Å²) in [5.41, 5.74) is 1.74. The molecule has 0 radical (unpaired) electrons. The number of carbonyl (C=O) groups excluding carboxylic acids is 2. The van der Waals surface area contributed by atoms with Crippen molar-refractivity contribution in [3.63, 3.8) is 0 Å². The van der Waals surface area contributed by atoms with Gasteiger partial charge in [0.2, 0.25) is 5.91 Å². The van der Waals surface area contributed by atoms with E-state index in [0.29, 0.717) is 18.9 Å². The van der Waals surface area contributed by atoms with Crippen LogP contribution < -0.4 is 5.32 Å². The van der Waals surface area contributed by atoms with E-state index in [1.165, 1.54) is 0 Å². The largest absolute Gasteiger partial charge is 0.360 e. The molecule has 0 spiro atoms. The molecule has 7 heteroatoms. The van der Waals surface area contributed by atoms with E-state index in [2.05, 4.69) is 10.3 Å². The monoisotopic (exact) mass is 390 g/mol. The van der Waals surface area contributed by atoms with Gasteiger partial charge in [0.05, 0.1) is 5.56 Å². The van der Waals surface area contributed by atoms with Gasteiger partial charge in [-0.15, -0.1) is 12.4 Å². The van der Waals surface area contributed by atoms with Crippen molar-refractivity contribution in [2.75, 3.05) is 33.2 Å². The Morgan fingerprint density at radius 3 is 2.93 bits per heavy atom. The van der Waals surface area contributed by atoms with Crippen LogP contribution in [-0.4, -0.2) is 65.9 Å². The third-order valence-corrected chi connectivity index (χ3v) is 5.85. The van der Waals surface area contributed by atoms with Gasteiger partial charge < -0.3 is 20.1 Å². The Kier molecular flexibility index (Phi) is 6.07. The maximum absolute atomic E-state index is 13.1. The van der Waals surface area contributed by atoms with E-state index < -0.39 is 0 Å². The Balaban J connectivity index is 0.00000210. The SMILES string of the molecule is CNCCN1C(=O)CC[C@H]2CN(C(=O)c3c[nH]c4ccccc34)CC[C@H]21.Cl. The van der Waals surface area contributed by atoms with Crippen LogP contribution in [-0.2, 0) is 4.79 Å². The molecule has 27 heavy (non-hydrogen) atoms. The highest BCUT2D eigenvalue weighted by molar-refractivity contribution is 6.06. The van der Waals surface area contributed by atoms with Gasteiger partial charge in [0.15, 0.2) is 0 Å². The summed E-state index contributed by atoms with van der Waals surface area (Å²) in [4.78, 5) is 32.6. The minimum Gasteiger partial charge on any atom is -0.360 e. The molecular weight excluding hydrogens is 364 g/mol. The molecule has 0 unspecified atom stereocenters. The number of aromatic nitrogens is 1. The molecule has 0 saturated carbocycles. The van der Waals surface area contributed by atoms with Crippen LogP contribution in [0.2, 0.25) is 0 Å². The molecule has 2 amide bonds. The van der Waals surface area contributed by atoms with Crippen LogP contribution in [0.25, 0.3) is 10.9 Å². The van der Waals surface area contributed by atoms with Crippen LogP contribution in [0.3, 0.4) is 0 Å². The number of piperidine rings is 2. The van der Waals surface area contributed by atoms with Gasteiger partial charge in [-0.25, -0.2) is 0 Å². The van der Waals surface area contributed by atoms with Crippen LogP contribution in [0.5, 0.6) is 0 Å². The second kappa shape index (κ2) is 8.31. The van der Waals surface area contributed by atoms with Gasteiger partial charge in [0, 0.05) is 55.7 Å². The lowest BCUT2D eigenvalue weighted by Gasteiger charge is -2.47. The van der Waals surface area contributed by atoms with E-state index in [0.717, 1.165) is 48.9 Å². The summed E-state index contributed by atoms with van der Waals surface area (Å²) < 4.78 is 0. The first-order valence-corrected chi connectivity index (χ1v) is 9.48. The van der Waals surface area contributed by atoms with Gasteiger partial charge in [-0.3, -0.25) is 9.59 Å². The van der Waals surface area contributed by atoms with Crippen LogP contribution in [0.4, 0.5) is 0 Å².